The number of rotatable bonds is 2. The molecule has 1 aliphatic carbocycles. The van der Waals surface area contributed by atoms with Crippen molar-refractivity contribution in [2.75, 3.05) is 18.8 Å². The molecule has 0 radical (unpaired) electrons. The lowest BCUT2D eigenvalue weighted by Crippen LogP contribution is -2.42. The maximum atomic E-state index is 5.73. The molecule has 1 aromatic heterocycles. The van der Waals surface area contributed by atoms with Crippen molar-refractivity contribution in [2.45, 2.75) is 57.9 Å². The van der Waals surface area contributed by atoms with Crippen LogP contribution >= 0.6 is 23.7 Å². The number of piperidine rings is 1. The van der Waals surface area contributed by atoms with E-state index in [4.69, 9.17) is 5.73 Å². The third kappa shape index (κ3) is 3.86. The summed E-state index contributed by atoms with van der Waals surface area (Å²) in [5.41, 5.74) is 6.36. The molecule has 3 rings (SSSR count). The monoisotopic (exact) mass is 315 g/mol. The van der Waals surface area contributed by atoms with Crippen molar-refractivity contribution in [3.63, 3.8) is 0 Å². The lowest BCUT2D eigenvalue weighted by molar-refractivity contribution is 0.0693. The molecule has 3 nitrogen and oxygen atoms in total. The molecule has 1 aliphatic heterocycles. The SMILES string of the molecule is Cl.Nc1ncc(CN2CCCC3(CCCCCC3)C2)s1. The Morgan fingerprint density at radius 3 is 2.50 bits per heavy atom. The van der Waals surface area contributed by atoms with Crippen LogP contribution in [0, 0.1) is 5.41 Å². The predicted octanol–water partition coefficient (Wildman–Crippen LogP) is 4.08. The molecule has 2 N–H and O–H groups in total. The molecule has 1 saturated heterocycles. The van der Waals surface area contributed by atoms with E-state index in [1.165, 1.54) is 69.3 Å². The summed E-state index contributed by atoms with van der Waals surface area (Å²) < 4.78 is 0. The highest BCUT2D eigenvalue weighted by molar-refractivity contribution is 7.15. The Balaban J connectivity index is 0.00000147. The average Bonchev–Trinajstić information content (AvgIpc) is 2.67. The number of likely N-dealkylation sites (tertiary alicyclic amines) is 1. The number of thiazole rings is 1. The Morgan fingerprint density at radius 2 is 1.85 bits per heavy atom. The Morgan fingerprint density at radius 1 is 1.15 bits per heavy atom. The van der Waals surface area contributed by atoms with Crippen molar-refractivity contribution >= 4 is 28.9 Å². The number of hydrogen-bond donors (Lipinski definition) is 1. The van der Waals surface area contributed by atoms with Gasteiger partial charge in [-0.1, -0.05) is 25.7 Å². The molecule has 1 aromatic rings. The van der Waals surface area contributed by atoms with Gasteiger partial charge in [0.2, 0.25) is 0 Å². The van der Waals surface area contributed by atoms with Gasteiger partial charge in [-0.15, -0.1) is 23.7 Å². The summed E-state index contributed by atoms with van der Waals surface area (Å²) in [6, 6.07) is 0. The van der Waals surface area contributed by atoms with Crippen LogP contribution in [-0.4, -0.2) is 23.0 Å². The van der Waals surface area contributed by atoms with Gasteiger partial charge in [0.05, 0.1) is 0 Å². The molecule has 0 unspecified atom stereocenters. The Labute approximate surface area is 132 Å². The van der Waals surface area contributed by atoms with E-state index in [-0.39, 0.29) is 12.4 Å². The van der Waals surface area contributed by atoms with Gasteiger partial charge in [-0.3, -0.25) is 4.90 Å². The van der Waals surface area contributed by atoms with Gasteiger partial charge in [0.15, 0.2) is 5.13 Å². The molecule has 0 atom stereocenters. The quantitative estimate of drug-likeness (QED) is 0.894. The Bertz CT molecular complexity index is 413. The van der Waals surface area contributed by atoms with Crippen LogP contribution < -0.4 is 5.73 Å². The van der Waals surface area contributed by atoms with Crippen molar-refractivity contribution < 1.29 is 0 Å². The zero-order valence-electron chi connectivity index (χ0n) is 12.1. The van der Waals surface area contributed by atoms with Crippen LogP contribution in [0.5, 0.6) is 0 Å². The largest absolute Gasteiger partial charge is 0.375 e. The standard InChI is InChI=1S/C15H25N3S.ClH/c16-14-17-10-13(19-14)11-18-9-5-8-15(12-18)6-3-1-2-4-7-15;/h10H,1-9,11-12H2,(H2,16,17);1H. The van der Waals surface area contributed by atoms with Gasteiger partial charge in [0, 0.05) is 24.2 Å². The number of nitrogen functional groups attached to an aromatic ring is 1. The van der Waals surface area contributed by atoms with Crippen LogP contribution in [-0.2, 0) is 6.54 Å². The van der Waals surface area contributed by atoms with E-state index in [1.54, 1.807) is 11.3 Å². The average molecular weight is 316 g/mol. The number of hydrogen-bond acceptors (Lipinski definition) is 4. The minimum Gasteiger partial charge on any atom is -0.375 e. The zero-order valence-corrected chi connectivity index (χ0v) is 13.8. The summed E-state index contributed by atoms with van der Waals surface area (Å²) in [5.74, 6) is 0. The van der Waals surface area contributed by atoms with Crippen LogP contribution in [0.2, 0.25) is 0 Å². The van der Waals surface area contributed by atoms with Gasteiger partial charge in [-0.2, -0.15) is 0 Å². The minimum absolute atomic E-state index is 0. The van der Waals surface area contributed by atoms with Gasteiger partial charge in [-0.05, 0) is 37.6 Å². The first kappa shape index (κ1) is 16.1. The molecule has 2 aliphatic rings. The highest BCUT2D eigenvalue weighted by atomic mass is 35.5. The van der Waals surface area contributed by atoms with Crippen molar-refractivity contribution in [1.82, 2.24) is 9.88 Å². The number of aromatic nitrogens is 1. The molecule has 1 spiro atoms. The third-order valence-corrected chi connectivity index (χ3v) is 5.67. The second-order valence-corrected chi connectivity index (χ2v) is 7.54. The van der Waals surface area contributed by atoms with Crippen LogP contribution in [0.3, 0.4) is 0 Å². The van der Waals surface area contributed by atoms with Gasteiger partial charge in [0.1, 0.15) is 0 Å². The van der Waals surface area contributed by atoms with Gasteiger partial charge in [0.25, 0.3) is 0 Å². The summed E-state index contributed by atoms with van der Waals surface area (Å²) in [7, 11) is 0. The number of nitrogens with zero attached hydrogens (tertiary/aromatic N) is 2. The molecular weight excluding hydrogens is 290 g/mol. The zero-order chi connectivity index (χ0) is 13.1. The molecule has 0 bridgehead atoms. The van der Waals surface area contributed by atoms with Crippen molar-refractivity contribution in [3.05, 3.63) is 11.1 Å². The Hall–Kier alpha value is -0.320. The van der Waals surface area contributed by atoms with E-state index in [0.717, 1.165) is 6.54 Å². The van der Waals surface area contributed by atoms with Crippen LogP contribution in [0.1, 0.15) is 56.2 Å². The minimum atomic E-state index is 0. The first-order valence-electron chi connectivity index (χ1n) is 7.68. The lowest BCUT2D eigenvalue weighted by Gasteiger charge is -2.42. The first-order chi connectivity index (χ1) is 9.26. The van der Waals surface area contributed by atoms with Crippen LogP contribution in [0.4, 0.5) is 5.13 Å². The summed E-state index contributed by atoms with van der Waals surface area (Å²) in [6.07, 6.45) is 13.5. The fraction of sp³-hybridized carbons (Fsp3) is 0.800. The van der Waals surface area contributed by atoms with E-state index >= 15 is 0 Å². The summed E-state index contributed by atoms with van der Waals surface area (Å²) in [4.78, 5) is 8.13. The molecule has 5 heteroatoms. The lowest BCUT2D eigenvalue weighted by atomic mass is 9.74. The number of halogens is 1. The maximum absolute atomic E-state index is 5.73. The topological polar surface area (TPSA) is 42.1 Å². The molecule has 0 amide bonds. The van der Waals surface area contributed by atoms with Crippen molar-refractivity contribution in [2.24, 2.45) is 5.41 Å². The first-order valence-corrected chi connectivity index (χ1v) is 8.50. The molecule has 20 heavy (non-hydrogen) atoms. The maximum Gasteiger partial charge on any atom is 0.180 e. The van der Waals surface area contributed by atoms with Gasteiger partial charge < -0.3 is 5.73 Å². The van der Waals surface area contributed by atoms with E-state index in [1.807, 2.05) is 6.20 Å². The summed E-state index contributed by atoms with van der Waals surface area (Å²) in [5, 5.41) is 0.705. The third-order valence-electron chi connectivity index (χ3n) is 4.86. The van der Waals surface area contributed by atoms with E-state index < -0.39 is 0 Å². The highest BCUT2D eigenvalue weighted by Gasteiger charge is 2.35. The highest BCUT2D eigenvalue weighted by Crippen LogP contribution is 2.42. The molecule has 2 heterocycles. The fourth-order valence-corrected chi connectivity index (χ4v) is 4.67. The second kappa shape index (κ2) is 7.10. The molecule has 1 saturated carbocycles. The molecular formula is C15H26ClN3S. The van der Waals surface area contributed by atoms with Gasteiger partial charge >= 0.3 is 0 Å². The fourth-order valence-electron chi connectivity index (χ4n) is 3.95. The van der Waals surface area contributed by atoms with Gasteiger partial charge in [-0.25, -0.2) is 4.98 Å². The summed E-state index contributed by atoms with van der Waals surface area (Å²) >= 11 is 1.65. The smallest absolute Gasteiger partial charge is 0.180 e. The molecule has 2 fully saturated rings. The second-order valence-electron chi connectivity index (χ2n) is 6.39. The Kier molecular flexibility index (Phi) is 5.70. The van der Waals surface area contributed by atoms with E-state index in [2.05, 4.69) is 9.88 Å². The normalized spacial score (nSPS) is 23.2. The predicted molar refractivity (Wildman–Crippen MR) is 88.4 cm³/mol. The van der Waals surface area contributed by atoms with E-state index in [9.17, 15) is 0 Å². The van der Waals surface area contributed by atoms with E-state index in [0.29, 0.717) is 10.5 Å². The van der Waals surface area contributed by atoms with Crippen molar-refractivity contribution in [3.8, 4) is 0 Å². The summed E-state index contributed by atoms with van der Waals surface area (Å²) in [6.45, 7) is 3.60. The van der Waals surface area contributed by atoms with Crippen LogP contribution in [0.15, 0.2) is 6.20 Å². The van der Waals surface area contributed by atoms with Crippen LogP contribution in [0.25, 0.3) is 0 Å². The number of nitrogens with two attached hydrogens (primary N) is 1. The molecule has 0 aromatic carbocycles. The number of anilines is 1. The van der Waals surface area contributed by atoms with Crippen molar-refractivity contribution in [1.29, 1.82) is 0 Å². The molecule has 114 valence electrons.